The van der Waals surface area contributed by atoms with Gasteiger partial charge < -0.3 is 25.4 Å². The fourth-order valence-electron chi connectivity index (χ4n) is 6.54. The highest BCUT2D eigenvalue weighted by molar-refractivity contribution is 6.34. The Hall–Kier alpha value is -3.36. The van der Waals surface area contributed by atoms with E-state index < -0.39 is 23.1 Å². The fraction of sp³-hybridized carbons (Fsp3) is 0.345. The molecule has 1 amide bonds. The molecule has 3 aromatic carbocycles. The van der Waals surface area contributed by atoms with Crippen molar-refractivity contribution in [2.45, 2.75) is 43.4 Å². The number of fused-ring (bicyclic) bond motifs is 4. The highest BCUT2D eigenvalue weighted by Crippen LogP contribution is 2.54. The second-order valence-corrected chi connectivity index (χ2v) is 10.9. The average molecular weight is 538 g/mol. The number of nitrogens with two attached hydrogens (primary N) is 1. The maximum absolute atomic E-state index is 16.4. The molecule has 0 bridgehead atoms. The number of halogens is 3. The van der Waals surface area contributed by atoms with Gasteiger partial charge in [0, 0.05) is 35.7 Å². The third kappa shape index (κ3) is 3.29. The molecular weight excluding hydrogens is 512 g/mol. The van der Waals surface area contributed by atoms with Crippen LogP contribution in [-0.4, -0.2) is 37.7 Å². The van der Waals surface area contributed by atoms with Gasteiger partial charge in [0.05, 0.1) is 28.4 Å². The Kier molecular flexibility index (Phi) is 5.36. The zero-order valence-corrected chi connectivity index (χ0v) is 21.3. The normalized spacial score (nSPS) is 25.1. The standard InChI is InChI=1S/C29H26ClF2N3O3/c30-25-19(31)12-21-18(13-29(38-21,22-7-4-9-34-22)15-5-2-1-3-6-15)23(25)24-17(28(33)36)11-20-27(26(24)32)37-14-16-8-10-35(16)20/h1-3,5-6,11-12,16,22,34H,4,7-10,13-14H2,(H2,33,36)/t16?,22-,29-/m0/s1. The van der Waals surface area contributed by atoms with Gasteiger partial charge >= 0.3 is 0 Å². The number of nitrogens with one attached hydrogen (secondary N) is 1. The van der Waals surface area contributed by atoms with Gasteiger partial charge in [-0.15, -0.1) is 0 Å². The van der Waals surface area contributed by atoms with Crippen LogP contribution in [-0.2, 0) is 12.0 Å². The Morgan fingerprint density at radius 3 is 2.66 bits per heavy atom. The summed E-state index contributed by atoms with van der Waals surface area (Å²) in [7, 11) is 0. The van der Waals surface area contributed by atoms with Crippen LogP contribution in [0.15, 0.2) is 42.5 Å². The third-order valence-electron chi connectivity index (χ3n) is 8.49. The Bertz CT molecular complexity index is 1480. The summed E-state index contributed by atoms with van der Waals surface area (Å²) in [5.74, 6) is -2.06. The van der Waals surface area contributed by atoms with Gasteiger partial charge in [0.15, 0.2) is 17.2 Å². The van der Waals surface area contributed by atoms with Crippen molar-refractivity contribution >= 4 is 23.2 Å². The summed E-state index contributed by atoms with van der Waals surface area (Å²) in [4.78, 5) is 14.7. The molecule has 0 spiro atoms. The van der Waals surface area contributed by atoms with Crippen LogP contribution in [0.1, 0.15) is 40.7 Å². The lowest BCUT2D eigenvalue weighted by Gasteiger charge is -2.46. The van der Waals surface area contributed by atoms with Crippen LogP contribution in [0.2, 0.25) is 5.02 Å². The summed E-state index contributed by atoms with van der Waals surface area (Å²) in [6, 6.07) is 12.6. The predicted molar refractivity (Wildman–Crippen MR) is 140 cm³/mol. The molecule has 196 valence electrons. The highest BCUT2D eigenvalue weighted by Gasteiger charge is 2.50. The molecule has 4 heterocycles. The number of primary amides is 1. The van der Waals surface area contributed by atoms with Gasteiger partial charge in [-0.25, -0.2) is 8.78 Å². The molecule has 6 nitrogen and oxygen atoms in total. The van der Waals surface area contributed by atoms with Gasteiger partial charge in [-0.2, -0.15) is 0 Å². The zero-order chi connectivity index (χ0) is 26.2. The van der Waals surface area contributed by atoms with Crippen molar-refractivity contribution in [3.63, 3.8) is 0 Å². The van der Waals surface area contributed by atoms with Gasteiger partial charge in [0.25, 0.3) is 0 Å². The first-order valence-electron chi connectivity index (χ1n) is 12.9. The van der Waals surface area contributed by atoms with Gasteiger partial charge in [0.1, 0.15) is 18.2 Å². The SMILES string of the molecule is NC(=O)c1cc2c(c(F)c1-c1c(Cl)c(F)cc3c1C[C@](c1ccccc1)([C@@H]1CCCN1)O3)OCC1CCN21. The molecule has 4 aliphatic rings. The topological polar surface area (TPSA) is 76.8 Å². The number of hydrogen-bond donors (Lipinski definition) is 2. The molecule has 3 aromatic rings. The van der Waals surface area contributed by atoms with Crippen molar-refractivity contribution < 1.29 is 23.0 Å². The summed E-state index contributed by atoms with van der Waals surface area (Å²) >= 11 is 6.59. The quantitative estimate of drug-likeness (QED) is 0.493. The van der Waals surface area contributed by atoms with Crippen LogP contribution in [0.25, 0.3) is 11.1 Å². The third-order valence-corrected chi connectivity index (χ3v) is 8.86. The first-order valence-corrected chi connectivity index (χ1v) is 13.3. The van der Waals surface area contributed by atoms with Crippen LogP contribution < -0.4 is 25.4 Å². The number of carbonyl (C=O) groups is 1. The molecule has 3 atom stereocenters. The number of benzene rings is 3. The number of rotatable bonds is 4. The van der Waals surface area contributed by atoms with E-state index in [0.717, 1.165) is 37.9 Å². The first kappa shape index (κ1) is 23.7. The van der Waals surface area contributed by atoms with E-state index in [1.807, 2.05) is 35.2 Å². The molecule has 4 aliphatic heterocycles. The van der Waals surface area contributed by atoms with E-state index in [9.17, 15) is 4.79 Å². The van der Waals surface area contributed by atoms with Crippen molar-refractivity contribution in [3.05, 3.63) is 75.8 Å². The van der Waals surface area contributed by atoms with Crippen LogP contribution in [0, 0.1) is 11.6 Å². The van der Waals surface area contributed by atoms with E-state index in [1.54, 1.807) is 6.07 Å². The summed E-state index contributed by atoms with van der Waals surface area (Å²) in [5.41, 5.74) is 6.74. The van der Waals surface area contributed by atoms with E-state index in [0.29, 0.717) is 24.3 Å². The Morgan fingerprint density at radius 2 is 1.97 bits per heavy atom. The predicted octanol–water partition coefficient (Wildman–Crippen LogP) is 4.94. The molecule has 9 heteroatoms. The van der Waals surface area contributed by atoms with Gasteiger partial charge in [-0.3, -0.25) is 4.79 Å². The lowest BCUT2D eigenvalue weighted by Crippen LogP contribution is -2.53. The summed E-state index contributed by atoms with van der Waals surface area (Å²) in [6.45, 7) is 1.90. The first-order chi connectivity index (χ1) is 18.4. The lowest BCUT2D eigenvalue weighted by molar-refractivity contribution is 0.0539. The molecule has 2 fully saturated rings. The molecule has 2 saturated heterocycles. The summed E-state index contributed by atoms with van der Waals surface area (Å²) in [5, 5.41) is 3.25. The minimum absolute atomic E-state index is 0.0284. The molecule has 38 heavy (non-hydrogen) atoms. The molecule has 1 unspecified atom stereocenters. The number of ether oxygens (including phenoxy) is 2. The summed E-state index contributed by atoms with van der Waals surface area (Å²) < 4.78 is 44.2. The second kappa shape index (κ2) is 8.58. The smallest absolute Gasteiger partial charge is 0.249 e. The molecule has 0 radical (unpaired) electrons. The lowest BCUT2D eigenvalue weighted by atomic mass is 9.80. The van der Waals surface area contributed by atoms with Crippen LogP contribution >= 0.6 is 11.6 Å². The van der Waals surface area contributed by atoms with Crippen LogP contribution in [0.3, 0.4) is 0 Å². The van der Waals surface area contributed by atoms with Crippen molar-refractivity contribution in [3.8, 4) is 22.6 Å². The van der Waals surface area contributed by atoms with Crippen molar-refractivity contribution in [1.29, 1.82) is 0 Å². The van der Waals surface area contributed by atoms with Crippen molar-refractivity contribution in [2.24, 2.45) is 5.73 Å². The minimum atomic E-state index is -0.856. The van der Waals surface area contributed by atoms with Gasteiger partial charge in [-0.05, 0) is 37.4 Å². The molecule has 0 aliphatic carbocycles. The molecule has 7 rings (SSSR count). The van der Waals surface area contributed by atoms with Gasteiger partial charge in [-0.1, -0.05) is 41.9 Å². The Morgan fingerprint density at radius 1 is 1.16 bits per heavy atom. The largest absolute Gasteiger partial charge is 0.486 e. The molecule has 3 N–H and O–H groups in total. The monoisotopic (exact) mass is 537 g/mol. The Balaban J connectivity index is 1.46. The van der Waals surface area contributed by atoms with E-state index in [-0.39, 0.29) is 45.3 Å². The fourth-order valence-corrected chi connectivity index (χ4v) is 6.80. The number of nitrogens with zero attached hydrogens (tertiary/aromatic N) is 1. The van der Waals surface area contributed by atoms with Crippen LogP contribution in [0.5, 0.6) is 11.5 Å². The maximum atomic E-state index is 16.4. The number of hydrogen-bond acceptors (Lipinski definition) is 5. The molecule has 0 aromatic heterocycles. The van der Waals surface area contributed by atoms with E-state index >= 15 is 8.78 Å². The average Bonchev–Trinajstić information content (AvgIpc) is 3.55. The maximum Gasteiger partial charge on any atom is 0.249 e. The number of anilines is 1. The van der Waals surface area contributed by atoms with E-state index in [4.69, 9.17) is 26.8 Å². The van der Waals surface area contributed by atoms with Crippen LogP contribution in [0.4, 0.5) is 14.5 Å². The van der Waals surface area contributed by atoms with Crippen molar-refractivity contribution in [1.82, 2.24) is 5.32 Å². The highest BCUT2D eigenvalue weighted by atomic mass is 35.5. The summed E-state index contributed by atoms with van der Waals surface area (Å²) in [6.07, 6.45) is 3.06. The second-order valence-electron chi connectivity index (χ2n) is 10.5. The molecular formula is C29H26ClF2N3O3. The molecule has 0 saturated carbocycles. The number of amides is 1. The number of carbonyl (C=O) groups excluding carboxylic acids is 1. The zero-order valence-electron chi connectivity index (χ0n) is 20.5. The van der Waals surface area contributed by atoms with E-state index in [1.165, 1.54) is 6.07 Å². The van der Waals surface area contributed by atoms with Crippen molar-refractivity contribution in [2.75, 3.05) is 24.6 Å². The Labute approximate surface area is 223 Å². The minimum Gasteiger partial charge on any atom is -0.486 e. The van der Waals surface area contributed by atoms with Gasteiger partial charge in [0.2, 0.25) is 5.91 Å². The van der Waals surface area contributed by atoms with E-state index in [2.05, 4.69) is 5.32 Å².